The van der Waals surface area contributed by atoms with E-state index >= 15 is 0 Å². The van der Waals surface area contributed by atoms with E-state index in [0.717, 1.165) is 43.5 Å². The first-order valence-corrected chi connectivity index (χ1v) is 7.89. The fourth-order valence-corrected chi connectivity index (χ4v) is 2.96. The van der Waals surface area contributed by atoms with Crippen molar-refractivity contribution in [1.82, 2.24) is 0 Å². The molecule has 0 heterocycles. The highest BCUT2D eigenvalue weighted by Crippen LogP contribution is 2.26. The van der Waals surface area contributed by atoms with Gasteiger partial charge in [0.15, 0.2) is 0 Å². The van der Waals surface area contributed by atoms with Gasteiger partial charge in [-0.15, -0.1) is 0 Å². The van der Waals surface area contributed by atoms with Crippen LogP contribution in [-0.2, 0) is 19.3 Å². The summed E-state index contributed by atoms with van der Waals surface area (Å²) in [5, 5.41) is 0. The van der Waals surface area contributed by atoms with Crippen molar-refractivity contribution >= 4 is 11.4 Å². The second-order valence-corrected chi connectivity index (χ2v) is 5.65. The zero-order valence-corrected chi connectivity index (χ0v) is 13.2. The number of hydrogen-bond donors (Lipinski definition) is 2. The van der Waals surface area contributed by atoms with Gasteiger partial charge in [0.25, 0.3) is 0 Å². The molecule has 2 rings (SSSR count). The van der Waals surface area contributed by atoms with Crippen LogP contribution in [0, 0.1) is 0 Å². The molecule has 2 heteroatoms. The molecule has 0 fully saturated rings. The molecular formula is C19H26N2. The molecule has 0 unspecified atom stereocenters. The van der Waals surface area contributed by atoms with Crippen LogP contribution in [0.2, 0.25) is 0 Å². The van der Waals surface area contributed by atoms with Crippen molar-refractivity contribution in [2.45, 2.75) is 46.0 Å². The van der Waals surface area contributed by atoms with E-state index in [1.165, 1.54) is 22.3 Å². The minimum absolute atomic E-state index is 0.912. The summed E-state index contributed by atoms with van der Waals surface area (Å²) in [6, 6.07) is 12.5. The highest BCUT2D eigenvalue weighted by Gasteiger charge is 2.10. The quantitative estimate of drug-likeness (QED) is 0.774. The third-order valence-electron chi connectivity index (χ3n) is 4.00. The minimum atomic E-state index is 0.912. The summed E-state index contributed by atoms with van der Waals surface area (Å²) in [6.07, 6.45) is 5.21. The van der Waals surface area contributed by atoms with Crippen molar-refractivity contribution in [2.24, 2.45) is 0 Å². The summed E-state index contributed by atoms with van der Waals surface area (Å²) >= 11 is 0. The number of benzene rings is 2. The first-order chi connectivity index (χ1) is 10.2. The Morgan fingerprint density at radius 3 is 1.52 bits per heavy atom. The fraction of sp³-hybridized carbons (Fsp3) is 0.368. The summed E-state index contributed by atoms with van der Waals surface area (Å²) in [6.45, 7) is 4.39. The van der Waals surface area contributed by atoms with Gasteiger partial charge in [-0.3, -0.25) is 0 Å². The monoisotopic (exact) mass is 282 g/mol. The number of anilines is 2. The van der Waals surface area contributed by atoms with Crippen molar-refractivity contribution in [3.63, 3.8) is 0 Å². The third kappa shape index (κ3) is 3.57. The lowest BCUT2D eigenvalue weighted by Crippen LogP contribution is -2.04. The molecule has 0 radical (unpaired) electrons. The Morgan fingerprint density at radius 2 is 1.14 bits per heavy atom. The minimum Gasteiger partial charge on any atom is -0.398 e. The maximum atomic E-state index is 6.16. The van der Waals surface area contributed by atoms with E-state index in [1.807, 2.05) is 12.1 Å². The number of nitrogen functional groups attached to an aromatic ring is 2. The molecule has 2 aromatic carbocycles. The molecular weight excluding hydrogens is 256 g/mol. The van der Waals surface area contributed by atoms with Gasteiger partial charge in [0.1, 0.15) is 0 Å². The first-order valence-electron chi connectivity index (χ1n) is 7.89. The fourth-order valence-electron chi connectivity index (χ4n) is 2.96. The van der Waals surface area contributed by atoms with Gasteiger partial charge >= 0.3 is 0 Å². The maximum Gasteiger partial charge on any atom is 0.0349 e. The van der Waals surface area contributed by atoms with Crippen LogP contribution in [-0.4, -0.2) is 0 Å². The molecule has 0 aliphatic rings. The molecule has 0 aliphatic heterocycles. The molecule has 0 saturated heterocycles. The lowest BCUT2D eigenvalue weighted by Gasteiger charge is -2.15. The Morgan fingerprint density at radius 1 is 0.714 bits per heavy atom. The standard InChI is InChI=1S/C19H26N2/c1-3-7-16-14(9-5-11-18(16)20)13-15-10-6-12-19(21)17(15)8-4-2/h5-6,9-12H,3-4,7-8,13,20-21H2,1-2H3. The molecule has 0 aliphatic carbocycles. The van der Waals surface area contributed by atoms with Crippen LogP contribution < -0.4 is 11.5 Å². The zero-order chi connectivity index (χ0) is 15.2. The van der Waals surface area contributed by atoms with Crippen molar-refractivity contribution in [3.05, 3.63) is 58.7 Å². The highest BCUT2D eigenvalue weighted by atomic mass is 14.6. The molecule has 2 aromatic rings. The molecule has 21 heavy (non-hydrogen) atoms. The van der Waals surface area contributed by atoms with Gasteiger partial charge in [0.2, 0.25) is 0 Å². The molecule has 0 aromatic heterocycles. The van der Waals surface area contributed by atoms with Crippen LogP contribution in [0.4, 0.5) is 11.4 Å². The Balaban J connectivity index is 2.39. The number of hydrogen-bond acceptors (Lipinski definition) is 2. The molecule has 0 atom stereocenters. The molecule has 112 valence electrons. The normalized spacial score (nSPS) is 10.8. The van der Waals surface area contributed by atoms with Crippen molar-refractivity contribution in [1.29, 1.82) is 0 Å². The van der Waals surface area contributed by atoms with Crippen LogP contribution in [0.3, 0.4) is 0 Å². The molecule has 2 nitrogen and oxygen atoms in total. The lowest BCUT2D eigenvalue weighted by atomic mass is 9.91. The third-order valence-corrected chi connectivity index (χ3v) is 4.00. The van der Waals surface area contributed by atoms with Gasteiger partial charge in [-0.05, 0) is 53.6 Å². The van der Waals surface area contributed by atoms with Gasteiger partial charge < -0.3 is 11.5 Å². The van der Waals surface area contributed by atoms with E-state index in [9.17, 15) is 0 Å². The predicted octanol–water partition coefficient (Wildman–Crippen LogP) is 4.35. The van der Waals surface area contributed by atoms with Crippen molar-refractivity contribution in [3.8, 4) is 0 Å². The van der Waals surface area contributed by atoms with Gasteiger partial charge in [0, 0.05) is 11.4 Å². The average Bonchev–Trinajstić information content (AvgIpc) is 2.46. The second kappa shape index (κ2) is 7.16. The predicted molar refractivity (Wildman–Crippen MR) is 92.5 cm³/mol. The Kier molecular flexibility index (Phi) is 5.26. The van der Waals surface area contributed by atoms with E-state index in [2.05, 4.69) is 38.1 Å². The smallest absolute Gasteiger partial charge is 0.0349 e. The summed E-state index contributed by atoms with van der Waals surface area (Å²) in [4.78, 5) is 0. The number of nitrogens with two attached hydrogens (primary N) is 2. The number of rotatable bonds is 6. The first kappa shape index (κ1) is 15.4. The lowest BCUT2D eigenvalue weighted by molar-refractivity contribution is 0.890. The largest absolute Gasteiger partial charge is 0.398 e. The Hall–Kier alpha value is -1.96. The second-order valence-electron chi connectivity index (χ2n) is 5.65. The van der Waals surface area contributed by atoms with Gasteiger partial charge in [-0.25, -0.2) is 0 Å². The Labute approximate surface area is 128 Å². The van der Waals surface area contributed by atoms with Crippen LogP contribution in [0.5, 0.6) is 0 Å². The van der Waals surface area contributed by atoms with Crippen molar-refractivity contribution in [2.75, 3.05) is 11.5 Å². The zero-order valence-electron chi connectivity index (χ0n) is 13.2. The van der Waals surface area contributed by atoms with Crippen LogP contribution in [0.15, 0.2) is 36.4 Å². The summed E-state index contributed by atoms with van der Waals surface area (Å²) in [7, 11) is 0. The summed E-state index contributed by atoms with van der Waals surface area (Å²) < 4.78 is 0. The summed E-state index contributed by atoms with van der Waals surface area (Å²) in [5.74, 6) is 0. The van der Waals surface area contributed by atoms with Crippen LogP contribution >= 0.6 is 0 Å². The van der Waals surface area contributed by atoms with Crippen molar-refractivity contribution < 1.29 is 0 Å². The average molecular weight is 282 g/mol. The molecule has 0 saturated carbocycles. The Bertz CT molecular complexity index is 549. The summed E-state index contributed by atoms with van der Waals surface area (Å²) in [5.41, 5.74) is 19.4. The van der Waals surface area contributed by atoms with Crippen LogP contribution in [0.25, 0.3) is 0 Å². The van der Waals surface area contributed by atoms with Gasteiger partial charge in [-0.2, -0.15) is 0 Å². The topological polar surface area (TPSA) is 52.0 Å². The molecule has 4 N–H and O–H groups in total. The van der Waals surface area contributed by atoms with E-state index in [-0.39, 0.29) is 0 Å². The SMILES string of the molecule is CCCc1c(N)cccc1Cc1cccc(N)c1CCC. The molecule has 0 amide bonds. The molecule has 0 spiro atoms. The van der Waals surface area contributed by atoms with E-state index in [1.54, 1.807) is 0 Å². The van der Waals surface area contributed by atoms with Gasteiger partial charge in [0.05, 0.1) is 0 Å². The molecule has 0 bridgehead atoms. The van der Waals surface area contributed by atoms with E-state index < -0.39 is 0 Å². The van der Waals surface area contributed by atoms with E-state index in [4.69, 9.17) is 11.5 Å². The van der Waals surface area contributed by atoms with E-state index in [0.29, 0.717) is 0 Å². The van der Waals surface area contributed by atoms with Crippen LogP contribution in [0.1, 0.15) is 48.9 Å². The van der Waals surface area contributed by atoms with Gasteiger partial charge in [-0.1, -0.05) is 51.0 Å². The maximum absolute atomic E-state index is 6.16. The highest BCUT2D eigenvalue weighted by molar-refractivity contribution is 5.55.